The van der Waals surface area contributed by atoms with Crippen LogP contribution in [-0.4, -0.2) is 58.2 Å². The molecule has 1 aromatic rings. The van der Waals surface area contributed by atoms with E-state index in [1.54, 1.807) is 6.20 Å². The normalized spacial score (nSPS) is 18.7. The molecule has 0 unspecified atom stereocenters. The van der Waals surface area contributed by atoms with Crippen LogP contribution in [0.15, 0.2) is 18.5 Å². The predicted octanol–water partition coefficient (Wildman–Crippen LogP) is 1.11. The van der Waals surface area contributed by atoms with E-state index in [1.165, 1.54) is 12.3 Å². The summed E-state index contributed by atoms with van der Waals surface area (Å²) in [5.41, 5.74) is 0.269. The Labute approximate surface area is 113 Å². The molecule has 0 radical (unpaired) electrons. The first-order chi connectivity index (χ1) is 8.92. The van der Waals surface area contributed by atoms with E-state index >= 15 is 0 Å². The molecule has 0 spiro atoms. The topological polar surface area (TPSA) is 39.6 Å². The van der Waals surface area contributed by atoms with Crippen LogP contribution in [0.25, 0.3) is 0 Å². The van der Waals surface area contributed by atoms with E-state index in [0.717, 1.165) is 38.3 Å². The van der Waals surface area contributed by atoms with Crippen molar-refractivity contribution >= 4 is 0 Å². The zero-order valence-electron chi connectivity index (χ0n) is 11.6. The number of halogens is 1. The van der Waals surface area contributed by atoms with Crippen LogP contribution in [0, 0.1) is 5.82 Å². The van der Waals surface area contributed by atoms with Crippen LogP contribution in [0.2, 0.25) is 0 Å². The Bertz CT molecular complexity index is 411. The molecule has 19 heavy (non-hydrogen) atoms. The molecule has 0 atom stereocenters. The largest absolute Gasteiger partial charge is 0.389 e. The second-order valence-electron chi connectivity index (χ2n) is 5.88. The third-order valence-electron chi connectivity index (χ3n) is 3.24. The zero-order chi connectivity index (χ0) is 13.9. The molecule has 0 saturated carbocycles. The lowest BCUT2D eigenvalue weighted by molar-refractivity contribution is 0.0166. The molecular formula is C14H22FN3O. The summed E-state index contributed by atoms with van der Waals surface area (Å²) in [7, 11) is 0. The van der Waals surface area contributed by atoms with Crippen molar-refractivity contribution in [1.82, 2.24) is 14.8 Å². The minimum atomic E-state index is -0.644. The number of aromatic nitrogens is 1. The fourth-order valence-electron chi connectivity index (χ4n) is 2.45. The van der Waals surface area contributed by atoms with Gasteiger partial charge in [-0.3, -0.25) is 14.8 Å². The van der Waals surface area contributed by atoms with E-state index in [0.29, 0.717) is 6.54 Å². The van der Waals surface area contributed by atoms with Gasteiger partial charge in [0.2, 0.25) is 0 Å². The quantitative estimate of drug-likeness (QED) is 0.887. The standard InChI is InChI=1S/C14H22FN3O/c1-14(2,19)11-18-5-3-17(4-6-18)10-12-7-13(15)9-16-8-12/h7-9,19H,3-6,10-11H2,1-2H3. The molecule has 106 valence electrons. The molecule has 0 bridgehead atoms. The van der Waals surface area contributed by atoms with Crippen molar-refractivity contribution in [3.63, 3.8) is 0 Å². The van der Waals surface area contributed by atoms with Gasteiger partial charge in [0.05, 0.1) is 11.8 Å². The number of β-amino-alcohol motifs (C(OH)–C–C–N with tert-alkyl or cyclic N) is 1. The molecule has 4 nitrogen and oxygen atoms in total. The lowest BCUT2D eigenvalue weighted by Gasteiger charge is -2.37. The first-order valence-corrected chi connectivity index (χ1v) is 6.69. The molecule has 0 amide bonds. The fourth-order valence-corrected chi connectivity index (χ4v) is 2.45. The average Bonchev–Trinajstić information content (AvgIpc) is 2.30. The van der Waals surface area contributed by atoms with Gasteiger partial charge in [-0.25, -0.2) is 4.39 Å². The van der Waals surface area contributed by atoms with Gasteiger partial charge in [0.15, 0.2) is 0 Å². The summed E-state index contributed by atoms with van der Waals surface area (Å²) in [5.74, 6) is -0.279. The Morgan fingerprint density at radius 2 is 1.84 bits per heavy atom. The van der Waals surface area contributed by atoms with Gasteiger partial charge in [0.25, 0.3) is 0 Å². The van der Waals surface area contributed by atoms with Crippen molar-refractivity contribution in [1.29, 1.82) is 0 Å². The number of nitrogens with zero attached hydrogens (tertiary/aromatic N) is 3. The highest BCUT2D eigenvalue weighted by atomic mass is 19.1. The molecule has 1 N–H and O–H groups in total. The molecule has 1 aliphatic rings. The van der Waals surface area contributed by atoms with E-state index in [-0.39, 0.29) is 5.82 Å². The summed E-state index contributed by atoms with van der Waals surface area (Å²) in [6, 6.07) is 1.54. The van der Waals surface area contributed by atoms with Crippen molar-refractivity contribution in [2.75, 3.05) is 32.7 Å². The molecule has 0 aliphatic carbocycles. The molecule has 1 saturated heterocycles. The Balaban J connectivity index is 1.80. The van der Waals surface area contributed by atoms with Gasteiger partial charge in [-0.05, 0) is 25.5 Å². The number of hydrogen-bond acceptors (Lipinski definition) is 4. The Kier molecular flexibility index (Phi) is 4.50. The van der Waals surface area contributed by atoms with Crippen LogP contribution >= 0.6 is 0 Å². The van der Waals surface area contributed by atoms with E-state index < -0.39 is 5.60 Å². The average molecular weight is 267 g/mol. The highest BCUT2D eigenvalue weighted by molar-refractivity contribution is 5.10. The minimum Gasteiger partial charge on any atom is -0.389 e. The molecule has 0 aromatic carbocycles. The third kappa shape index (κ3) is 4.86. The van der Waals surface area contributed by atoms with Crippen molar-refractivity contribution in [2.45, 2.75) is 26.0 Å². The monoisotopic (exact) mass is 267 g/mol. The van der Waals surface area contributed by atoms with E-state index in [4.69, 9.17) is 0 Å². The Morgan fingerprint density at radius 1 is 1.21 bits per heavy atom. The number of piperazine rings is 1. The second-order valence-corrected chi connectivity index (χ2v) is 5.88. The predicted molar refractivity (Wildman–Crippen MR) is 72.2 cm³/mol. The molecule has 1 aromatic heterocycles. The minimum absolute atomic E-state index is 0.279. The smallest absolute Gasteiger partial charge is 0.141 e. The van der Waals surface area contributed by atoms with E-state index in [2.05, 4.69) is 14.8 Å². The first kappa shape index (κ1) is 14.4. The summed E-state index contributed by atoms with van der Waals surface area (Å²) in [6.45, 7) is 8.84. The van der Waals surface area contributed by atoms with Gasteiger partial charge in [0.1, 0.15) is 5.82 Å². The lowest BCUT2D eigenvalue weighted by Crippen LogP contribution is -2.50. The van der Waals surface area contributed by atoms with E-state index in [9.17, 15) is 9.50 Å². The summed E-state index contributed by atoms with van der Waals surface area (Å²) >= 11 is 0. The molecule has 2 rings (SSSR count). The Morgan fingerprint density at radius 3 is 2.42 bits per heavy atom. The van der Waals surface area contributed by atoms with E-state index in [1.807, 2.05) is 13.8 Å². The maximum atomic E-state index is 13.1. The first-order valence-electron chi connectivity index (χ1n) is 6.69. The molecule has 2 heterocycles. The highest BCUT2D eigenvalue weighted by Crippen LogP contribution is 2.11. The summed E-state index contributed by atoms with van der Waals surface area (Å²) in [5, 5.41) is 9.80. The summed E-state index contributed by atoms with van der Waals surface area (Å²) in [6.07, 6.45) is 2.94. The lowest BCUT2D eigenvalue weighted by atomic mass is 10.1. The van der Waals surface area contributed by atoms with Gasteiger partial charge in [-0.15, -0.1) is 0 Å². The van der Waals surface area contributed by atoms with Crippen molar-refractivity contribution < 1.29 is 9.50 Å². The van der Waals surface area contributed by atoms with Crippen molar-refractivity contribution in [2.24, 2.45) is 0 Å². The molecular weight excluding hydrogens is 245 g/mol. The zero-order valence-corrected chi connectivity index (χ0v) is 11.6. The maximum Gasteiger partial charge on any atom is 0.141 e. The van der Waals surface area contributed by atoms with Crippen LogP contribution in [0.3, 0.4) is 0 Å². The van der Waals surface area contributed by atoms with Crippen LogP contribution in [-0.2, 0) is 6.54 Å². The van der Waals surface area contributed by atoms with Gasteiger partial charge in [0, 0.05) is 45.5 Å². The third-order valence-corrected chi connectivity index (χ3v) is 3.24. The van der Waals surface area contributed by atoms with Crippen molar-refractivity contribution in [3.05, 3.63) is 29.8 Å². The summed E-state index contributed by atoms with van der Waals surface area (Å²) in [4.78, 5) is 8.42. The van der Waals surface area contributed by atoms with Gasteiger partial charge < -0.3 is 5.11 Å². The SMILES string of the molecule is CC(C)(O)CN1CCN(Cc2cncc(F)c2)CC1. The van der Waals surface area contributed by atoms with Gasteiger partial charge in [-0.2, -0.15) is 0 Å². The second kappa shape index (κ2) is 5.94. The highest BCUT2D eigenvalue weighted by Gasteiger charge is 2.22. The van der Waals surface area contributed by atoms with Gasteiger partial charge in [-0.1, -0.05) is 0 Å². The number of aliphatic hydroxyl groups is 1. The van der Waals surface area contributed by atoms with Gasteiger partial charge >= 0.3 is 0 Å². The fraction of sp³-hybridized carbons (Fsp3) is 0.643. The maximum absolute atomic E-state index is 13.1. The van der Waals surface area contributed by atoms with Crippen LogP contribution < -0.4 is 0 Å². The summed E-state index contributed by atoms with van der Waals surface area (Å²) < 4.78 is 13.1. The Hall–Kier alpha value is -1.04. The van der Waals surface area contributed by atoms with Crippen LogP contribution in [0.1, 0.15) is 19.4 Å². The molecule has 5 heteroatoms. The van der Waals surface area contributed by atoms with Crippen LogP contribution in [0.5, 0.6) is 0 Å². The van der Waals surface area contributed by atoms with Crippen molar-refractivity contribution in [3.8, 4) is 0 Å². The molecule has 1 fully saturated rings. The molecule has 1 aliphatic heterocycles. The number of pyridine rings is 1. The van der Waals surface area contributed by atoms with Crippen LogP contribution in [0.4, 0.5) is 4.39 Å². The number of rotatable bonds is 4. The number of hydrogen-bond donors (Lipinski definition) is 1.